The number of piperidine rings is 1. The van der Waals surface area contributed by atoms with Gasteiger partial charge in [0, 0.05) is 17.2 Å². The second-order valence-corrected chi connectivity index (χ2v) is 8.36. The predicted molar refractivity (Wildman–Crippen MR) is 92.0 cm³/mol. The molecule has 1 saturated heterocycles. The molecule has 1 atom stereocenters. The molecule has 0 radical (unpaired) electrons. The number of carbonyl (C=O) groups excluding carboxylic acids is 1. The Morgan fingerprint density at radius 1 is 1.45 bits per heavy atom. The van der Waals surface area contributed by atoms with Crippen molar-refractivity contribution in [1.82, 2.24) is 15.6 Å². The normalized spacial score (nSPS) is 18.2. The van der Waals surface area contributed by atoms with Crippen LogP contribution in [0.5, 0.6) is 0 Å². The number of hydrogen-bond acceptors (Lipinski definition) is 4. The summed E-state index contributed by atoms with van der Waals surface area (Å²) < 4.78 is 0. The topological polar surface area (TPSA) is 54.0 Å². The Balaban J connectivity index is 1.76. The summed E-state index contributed by atoms with van der Waals surface area (Å²) >= 11 is 1.63. The molecule has 1 aliphatic heterocycles. The van der Waals surface area contributed by atoms with Crippen LogP contribution in [-0.4, -0.2) is 24.0 Å². The number of aromatic nitrogens is 1. The van der Waals surface area contributed by atoms with Crippen LogP contribution in [0.4, 0.5) is 0 Å². The molecule has 0 aliphatic carbocycles. The first-order valence-corrected chi connectivity index (χ1v) is 9.16. The third kappa shape index (κ3) is 5.06. The van der Waals surface area contributed by atoms with Crippen LogP contribution in [0.25, 0.3) is 0 Å². The van der Waals surface area contributed by atoms with Gasteiger partial charge in [0.05, 0.1) is 12.2 Å². The van der Waals surface area contributed by atoms with Gasteiger partial charge in [-0.1, -0.05) is 27.7 Å². The fourth-order valence-electron chi connectivity index (χ4n) is 2.86. The van der Waals surface area contributed by atoms with Gasteiger partial charge in [0.15, 0.2) is 0 Å². The maximum absolute atomic E-state index is 12.1. The number of rotatable bonds is 5. The maximum atomic E-state index is 12.1. The minimum Gasteiger partial charge on any atom is -0.350 e. The second kappa shape index (κ2) is 7.55. The third-order valence-electron chi connectivity index (χ3n) is 4.45. The van der Waals surface area contributed by atoms with E-state index >= 15 is 0 Å². The quantitative estimate of drug-likeness (QED) is 0.875. The Hall–Kier alpha value is -0.940. The zero-order chi connectivity index (χ0) is 16.2. The van der Waals surface area contributed by atoms with E-state index in [1.807, 2.05) is 0 Å². The molecule has 4 nitrogen and oxygen atoms in total. The van der Waals surface area contributed by atoms with E-state index in [0.717, 1.165) is 23.8 Å². The van der Waals surface area contributed by atoms with Gasteiger partial charge in [0.2, 0.25) is 5.91 Å². The summed E-state index contributed by atoms with van der Waals surface area (Å²) in [6, 6.07) is 0. The summed E-state index contributed by atoms with van der Waals surface area (Å²) in [7, 11) is 0. The Kier molecular flexibility index (Phi) is 5.98. The molecule has 0 spiro atoms. The van der Waals surface area contributed by atoms with Crippen LogP contribution in [0.2, 0.25) is 0 Å². The average molecular weight is 324 g/mol. The summed E-state index contributed by atoms with van der Waals surface area (Å²) in [6.07, 6.45) is 3.01. The van der Waals surface area contributed by atoms with Gasteiger partial charge in [-0.15, -0.1) is 11.3 Å². The van der Waals surface area contributed by atoms with Gasteiger partial charge >= 0.3 is 0 Å². The Morgan fingerprint density at radius 2 is 2.14 bits per heavy atom. The minimum atomic E-state index is 0.0717. The van der Waals surface area contributed by atoms with E-state index in [0.29, 0.717) is 24.8 Å². The fourth-order valence-corrected chi connectivity index (χ4v) is 3.82. The SMILES string of the molecule is CC(CC(=O)NCc1nc(C(C)(C)C)cs1)C1CCNCC1. The average Bonchev–Trinajstić information content (AvgIpc) is 2.95. The van der Waals surface area contributed by atoms with E-state index in [-0.39, 0.29) is 11.3 Å². The molecule has 1 aliphatic rings. The number of carbonyl (C=O) groups is 1. The van der Waals surface area contributed by atoms with E-state index in [1.165, 1.54) is 12.8 Å². The molecule has 2 N–H and O–H groups in total. The van der Waals surface area contributed by atoms with Crippen molar-refractivity contribution >= 4 is 17.2 Å². The lowest BCUT2D eigenvalue weighted by Crippen LogP contribution is -2.33. The van der Waals surface area contributed by atoms with Gasteiger partial charge in [-0.05, 0) is 37.8 Å². The van der Waals surface area contributed by atoms with Crippen molar-refractivity contribution in [3.63, 3.8) is 0 Å². The van der Waals surface area contributed by atoms with Crippen molar-refractivity contribution in [2.45, 2.75) is 58.9 Å². The molecule has 0 bridgehead atoms. The van der Waals surface area contributed by atoms with Gasteiger partial charge < -0.3 is 10.6 Å². The maximum Gasteiger partial charge on any atom is 0.220 e. The minimum absolute atomic E-state index is 0.0717. The molecule has 1 fully saturated rings. The van der Waals surface area contributed by atoms with Crippen molar-refractivity contribution in [2.24, 2.45) is 11.8 Å². The number of hydrogen-bond donors (Lipinski definition) is 2. The zero-order valence-electron chi connectivity index (χ0n) is 14.2. The summed E-state index contributed by atoms with van der Waals surface area (Å²) in [5, 5.41) is 9.49. The lowest BCUT2D eigenvalue weighted by atomic mass is 9.84. The highest BCUT2D eigenvalue weighted by molar-refractivity contribution is 7.09. The molecule has 1 aromatic heterocycles. The van der Waals surface area contributed by atoms with Crippen molar-refractivity contribution in [3.8, 4) is 0 Å². The van der Waals surface area contributed by atoms with Crippen LogP contribution in [0, 0.1) is 11.8 Å². The van der Waals surface area contributed by atoms with Crippen LogP contribution in [0.3, 0.4) is 0 Å². The summed E-state index contributed by atoms with van der Waals surface area (Å²) in [5.74, 6) is 1.29. The highest BCUT2D eigenvalue weighted by Gasteiger charge is 2.22. The lowest BCUT2D eigenvalue weighted by Gasteiger charge is -2.27. The molecular weight excluding hydrogens is 294 g/mol. The molecule has 22 heavy (non-hydrogen) atoms. The second-order valence-electron chi connectivity index (χ2n) is 7.42. The van der Waals surface area contributed by atoms with E-state index in [1.54, 1.807) is 11.3 Å². The van der Waals surface area contributed by atoms with Crippen LogP contribution < -0.4 is 10.6 Å². The first-order chi connectivity index (χ1) is 10.4. The smallest absolute Gasteiger partial charge is 0.220 e. The van der Waals surface area contributed by atoms with Gasteiger partial charge in [-0.25, -0.2) is 4.98 Å². The summed E-state index contributed by atoms with van der Waals surface area (Å²) in [4.78, 5) is 16.7. The van der Waals surface area contributed by atoms with E-state index in [9.17, 15) is 4.79 Å². The molecule has 124 valence electrons. The molecule has 0 aromatic carbocycles. The van der Waals surface area contributed by atoms with Crippen LogP contribution in [0.15, 0.2) is 5.38 Å². The number of thiazole rings is 1. The monoisotopic (exact) mass is 323 g/mol. The summed E-state index contributed by atoms with van der Waals surface area (Å²) in [6.45, 7) is 11.4. The first kappa shape index (κ1) is 17.4. The number of nitrogens with one attached hydrogen (secondary N) is 2. The third-order valence-corrected chi connectivity index (χ3v) is 5.30. The van der Waals surface area contributed by atoms with Crippen molar-refractivity contribution in [2.75, 3.05) is 13.1 Å². The first-order valence-electron chi connectivity index (χ1n) is 8.28. The lowest BCUT2D eigenvalue weighted by molar-refractivity contribution is -0.122. The molecule has 1 unspecified atom stereocenters. The molecule has 0 saturated carbocycles. The largest absolute Gasteiger partial charge is 0.350 e. The van der Waals surface area contributed by atoms with E-state index < -0.39 is 0 Å². The molecule has 2 heterocycles. The highest BCUT2D eigenvalue weighted by Crippen LogP contribution is 2.25. The van der Waals surface area contributed by atoms with Gasteiger partial charge in [0.25, 0.3) is 0 Å². The molecular formula is C17H29N3OS. The van der Waals surface area contributed by atoms with Crippen LogP contribution in [-0.2, 0) is 16.8 Å². The van der Waals surface area contributed by atoms with Crippen molar-refractivity contribution in [1.29, 1.82) is 0 Å². The molecule has 1 amide bonds. The van der Waals surface area contributed by atoms with E-state index in [2.05, 4.69) is 48.7 Å². The number of nitrogens with zero attached hydrogens (tertiary/aromatic N) is 1. The fraction of sp³-hybridized carbons (Fsp3) is 0.765. The van der Waals surface area contributed by atoms with Gasteiger partial charge in [-0.2, -0.15) is 0 Å². The predicted octanol–water partition coefficient (Wildman–Crippen LogP) is 3.08. The zero-order valence-corrected chi connectivity index (χ0v) is 15.1. The summed E-state index contributed by atoms with van der Waals surface area (Å²) in [5.41, 5.74) is 1.17. The number of amides is 1. The Bertz CT molecular complexity index is 486. The molecule has 5 heteroatoms. The van der Waals surface area contributed by atoms with Gasteiger partial charge in [0.1, 0.15) is 5.01 Å². The Morgan fingerprint density at radius 3 is 2.73 bits per heavy atom. The molecule has 2 rings (SSSR count). The highest BCUT2D eigenvalue weighted by atomic mass is 32.1. The molecule has 1 aromatic rings. The van der Waals surface area contributed by atoms with Gasteiger partial charge in [-0.3, -0.25) is 4.79 Å². The van der Waals surface area contributed by atoms with Crippen molar-refractivity contribution in [3.05, 3.63) is 16.1 Å². The van der Waals surface area contributed by atoms with Crippen LogP contribution >= 0.6 is 11.3 Å². The van der Waals surface area contributed by atoms with E-state index in [4.69, 9.17) is 0 Å². The standard InChI is InChI=1S/C17H29N3OS/c1-12(13-5-7-18-8-6-13)9-15(21)19-10-16-20-14(11-22-16)17(2,3)4/h11-13,18H,5-10H2,1-4H3,(H,19,21). The Labute approximate surface area is 138 Å². The van der Waals surface area contributed by atoms with Crippen molar-refractivity contribution < 1.29 is 4.79 Å². The van der Waals surface area contributed by atoms with Crippen LogP contribution in [0.1, 0.15) is 57.7 Å².